The van der Waals surface area contributed by atoms with Crippen LogP contribution >= 0.6 is 27.5 Å². The molecular formula is C23H19BrClN3O3. The number of halogens is 2. The van der Waals surface area contributed by atoms with Gasteiger partial charge in [0.2, 0.25) is 0 Å². The Bertz CT molecular complexity index is 1200. The monoisotopic (exact) mass is 499 g/mol. The Labute approximate surface area is 192 Å². The quantitative estimate of drug-likeness (QED) is 0.334. The number of rotatable bonds is 7. The number of amides is 1. The summed E-state index contributed by atoms with van der Waals surface area (Å²) in [6, 6.07) is 18.6. The van der Waals surface area contributed by atoms with E-state index in [1.807, 2.05) is 19.2 Å². The average molecular weight is 501 g/mol. The molecule has 0 bridgehead atoms. The summed E-state index contributed by atoms with van der Waals surface area (Å²) in [4.78, 5) is 12.5. The van der Waals surface area contributed by atoms with Gasteiger partial charge in [-0.1, -0.05) is 57.4 Å². The second kappa shape index (κ2) is 9.41. The fourth-order valence-electron chi connectivity index (χ4n) is 2.89. The third kappa shape index (κ3) is 5.57. The molecule has 4 aromatic rings. The van der Waals surface area contributed by atoms with Gasteiger partial charge in [0.1, 0.15) is 18.1 Å². The number of aromatic nitrogens is 2. The Morgan fingerprint density at radius 2 is 1.97 bits per heavy atom. The number of nitrogens with one attached hydrogen (secondary N) is 1. The van der Waals surface area contributed by atoms with E-state index in [0.29, 0.717) is 28.9 Å². The normalized spacial score (nSPS) is 10.8. The Morgan fingerprint density at radius 3 is 2.74 bits per heavy atom. The lowest BCUT2D eigenvalue weighted by atomic mass is 10.1. The molecule has 0 aliphatic rings. The number of furan rings is 1. The molecule has 2 heterocycles. The molecule has 1 N–H and O–H groups in total. The Balaban J connectivity index is 1.33. The summed E-state index contributed by atoms with van der Waals surface area (Å²) in [5.74, 6) is 1.29. The van der Waals surface area contributed by atoms with Crippen molar-refractivity contribution in [3.8, 4) is 5.75 Å². The van der Waals surface area contributed by atoms with Crippen molar-refractivity contribution >= 4 is 39.3 Å². The molecular weight excluding hydrogens is 482 g/mol. The summed E-state index contributed by atoms with van der Waals surface area (Å²) < 4.78 is 13.9. The van der Waals surface area contributed by atoms with Crippen LogP contribution in [0.3, 0.4) is 0 Å². The molecule has 2 aromatic heterocycles. The highest BCUT2D eigenvalue weighted by molar-refractivity contribution is 9.10. The van der Waals surface area contributed by atoms with E-state index < -0.39 is 0 Å². The van der Waals surface area contributed by atoms with Crippen LogP contribution in [-0.4, -0.2) is 15.7 Å². The fourth-order valence-corrected chi connectivity index (χ4v) is 3.62. The van der Waals surface area contributed by atoms with Crippen LogP contribution in [0.1, 0.15) is 27.4 Å². The molecule has 0 saturated carbocycles. The van der Waals surface area contributed by atoms with Crippen molar-refractivity contribution in [2.75, 3.05) is 5.32 Å². The van der Waals surface area contributed by atoms with E-state index in [1.165, 1.54) is 5.56 Å². The van der Waals surface area contributed by atoms with Crippen molar-refractivity contribution in [3.05, 3.63) is 99.0 Å². The van der Waals surface area contributed by atoms with Gasteiger partial charge in [-0.3, -0.25) is 9.48 Å². The lowest BCUT2D eigenvalue weighted by Crippen LogP contribution is -2.12. The smallest absolute Gasteiger partial charge is 0.292 e. The largest absolute Gasteiger partial charge is 0.484 e. The zero-order chi connectivity index (χ0) is 21.8. The zero-order valence-corrected chi connectivity index (χ0v) is 19.0. The molecule has 0 saturated heterocycles. The maximum atomic E-state index is 12.5. The van der Waals surface area contributed by atoms with Crippen molar-refractivity contribution in [2.24, 2.45) is 0 Å². The first-order chi connectivity index (χ1) is 15.0. The number of carbonyl (C=O) groups is 1. The van der Waals surface area contributed by atoms with Gasteiger partial charge in [-0.25, -0.2) is 0 Å². The highest BCUT2D eigenvalue weighted by Crippen LogP contribution is 2.28. The first-order valence-electron chi connectivity index (χ1n) is 9.53. The van der Waals surface area contributed by atoms with Gasteiger partial charge in [-0.2, -0.15) is 5.10 Å². The summed E-state index contributed by atoms with van der Waals surface area (Å²) in [7, 11) is 0. The van der Waals surface area contributed by atoms with E-state index >= 15 is 0 Å². The second-order valence-corrected chi connectivity index (χ2v) is 8.29. The number of hydrogen-bond donors (Lipinski definition) is 1. The predicted octanol–water partition coefficient (Wildman–Crippen LogP) is 6.08. The van der Waals surface area contributed by atoms with Crippen LogP contribution in [0, 0.1) is 6.92 Å². The number of hydrogen-bond acceptors (Lipinski definition) is 4. The first kappa shape index (κ1) is 21.2. The summed E-state index contributed by atoms with van der Waals surface area (Å²) in [5, 5.41) is 7.62. The van der Waals surface area contributed by atoms with Gasteiger partial charge < -0.3 is 14.5 Å². The number of ether oxygens (including phenoxy) is 1. The Hall–Kier alpha value is -3.03. The molecule has 31 heavy (non-hydrogen) atoms. The van der Waals surface area contributed by atoms with Crippen molar-refractivity contribution in [1.82, 2.24) is 9.78 Å². The van der Waals surface area contributed by atoms with E-state index in [2.05, 4.69) is 50.6 Å². The van der Waals surface area contributed by atoms with Crippen LogP contribution in [0.5, 0.6) is 5.75 Å². The second-order valence-electron chi connectivity index (χ2n) is 6.97. The van der Waals surface area contributed by atoms with Crippen molar-refractivity contribution in [1.29, 1.82) is 0 Å². The van der Waals surface area contributed by atoms with Gasteiger partial charge in [-0.15, -0.1) is 0 Å². The minimum atomic E-state index is -0.381. The molecule has 1 amide bonds. The van der Waals surface area contributed by atoms with Crippen molar-refractivity contribution in [2.45, 2.75) is 20.1 Å². The molecule has 158 valence electrons. The third-order valence-electron chi connectivity index (χ3n) is 4.50. The van der Waals surface area contributed by atoms with Crippen LogP contribution in [0.25, 0.3) is 0 Å². The van der Waals surface area contributed by atoms with Crippen molar-refractivity contribution < 1.29 is 13.9 Å². The first-order valence-corrected chi connectivity index (χ1v) is 10.7. The molecule has 6 nitrogen and oxygen atoms in total. The fraction of sp³-hybridized carbons (Fsp3) is 0.130. The van der Waals surface area contributed by atoms with Gasteiger partial charge in [0.25, 0.3) is 5.91 Å². The molecule has 0 unspecified atom stereocenters. The van der Waals surface area contributed by atoms with Crippen molar-refractivity contribution in [3.63, 3.8) is 0 Å². The molecule has 0 fully saturated rings. The summed E-state index contributed by atoms with van der Waals surface area (Å²) in [5.41, 5.74) is 2.34. The SMILES string of the molecule is Cc1ccc(Cn2ccc(NC(=O)c3ccc(COc4ccc(Br)cc4Cl)o3)n2)cc1. The van der Waals surface area contributed by atoms with E-state index in [-0.39, 0.29) is 18.3 Å². The summed E-state index contributed by atoms with van der Waals surface area (Å²) in [6.07, 6.45) is 1.82. The molecule has 4 rings (SSSR count). The molecule has 0 atom stereocenters. The zero-order valence-electron chi connectivity index (χ0n) is 16.6. The van der Waals surface area contributed by atoms with Gasteiger partial charge in [0, 0.05) is 16.7 Å². The minimum absolute atomic E-state index is 0.153. The number of benzene rings is 2. The van der Waals surface area contributed by atoms with Crippen LogP contribution in [0.4, 0.5) is 5.82 Å². The molecule has 8 heteroatoms. The van der Waals surface area contributed by atoms with Gasteiger partial charge in [0.15, 0.2) is 11.6 Å². The van der Waals surface area contributed by atoms with Gasteiger partial charge >= 0.3 is 0 Å². The third-order valence-corrected chi connectivity index (χ3v) is 5.29. The lowest BCUT2D eigenvalue weighted by molar-refractivity contribution is 0.0992. The van der Waals surface area contributed by atoms with Crippen LogP contribution in [0.2, 0.25) is 5.02 Å². The summed E-state index contributed by atoms with van der Waals surface area (Å²) in [6.45, 7) is 2.82. The van der Waals surface area contributed by atoms with Gasteiger partial charge in [0.05, 0.1) is 11.6 Å². The Kier molecular flexibility index (Phi) is 6.44. The topological polar surface area (TPSA) is 69.3 Å². The number of nitrogens with zero attached hydrogens (tertiary/aromatic N) is 2. The summed E-state index contributed by atoms with van der Waals surface area (Å²) >= 11 is 9.49. The van der Waals surface area contributed by atoms with Crippen LogP contribution in [0.15, 0.2) is 75.8 Å². The van der Waals surface area contributed by atoms with E-state index in [4.69, 9.17) is 20.8 Å². The maximum absolute atomic E-state index is 12.5. The standard InChI is InChI=1S/C23H19BrClN3O3/c1-15-2-4-16(5-3-15)13-28-11-10-22(27-28)26-23(29)21-9-7-18(31-21)14-30-20-8-6-17(24)12-19(20)25/h2-12H,13-14H2,1H3,(H,26,27,29). The number of anilines is 1. The highest BCUT2D eigenvalue weighted by atomic mass is 79.9. The lowest BCUT2D eigenvalue weighted by Gasteiger charge is -2.06. The van der Waals surface area contributed by atoms with E-state index in [1.54, 1.807) is 35.0 Å². The van der Waals surface area contributed by atoms with E-state index in [9.17, 15) is 4.79 Å². The molecule has 2 aromatic carbocycles. The maximum Gasteiger partial charge on any atom is 0.292 e. The van der Waals surface area contributed by atoms with E-state index in [0.717, 1.165) is 10.0 Å². The predicted molar refractivity (Wildman–Crippen MR) is 123 cm³/mol. The highest BCUT2D eigenvalue weighted by Gasteiger charge is 2.14. The van der Waals surface area contributed by atoms with Crippen LogP contribution < -0.4 is 10.1 Å². The average Bonchev–Trinajstić information content (AvgIpc) is 3.39. The van der Waals surface area contributed by atoms with Crippen LogP contribution in [-0.2, 0) is 13.2 Å². The number of aryl methyl sites for hydroxylation is 1. The Morgan fingerprint density at radius 1 is 1.16 bits per heavy atom. The molecule has 0 spiro atoms. The van der Waals surface area contributed by atoms with Gasteiger partial charge in [-0.05, 0) is 42.8 Å². The molecule has 0 radical (unpaired) electrons. The number of carbonyl (C=O) groups excluding carboxylic acids is 1. The molecule has 0 aliphatic carbocycles. The minimum Gasteiger partial charge on any atom is -0.484 e. The molecule has 0 aliphatic heterocycles.